The molecule has 0 spiro atoms. The highest BCUT2D eigenvalue weighted by Gasteiger charge is 2.26. The zero-order chi connectivity index (χ0) is 28.5. The number of nitrogens with zero attached hydrogens (tertiary/aromatic N) is 2. The standard InChI is InChI=1S/C30H38FN3O5/c1-19(2)28-27(30(39)32-20(3)9-10-21-7-5-4-6-8-21)33-29(22-11-13-23(31)14-12-22)34(28)16-15-24(35)17-25(36)18-26(37)38/h4-8,11-14,19-20,24-25,35-36H,9-10,15-18H2,1-3H3,(H,32,39)(H,37,38)/t20?,24-,25-/m1/s1. The minimum absolute atomic E-state index is 0.0871. The first-order chi connectivity index (χ1) is 18.5. The summed E-state index contributed by atoms with van der Waals surface area (Å²) in [4.78, 5) is 29.0. The van der Waals surface area contributed by atoms with E-state index in [0.29, 0.717) is 17.1 Å². The van der Waals surface area contributed by atoms with Gasteiger partial charge in [-0.1, -0.05) is 44.2 Å². The molecule has 0 radical (unpaired) electrons. The minimum Gasteiger partial charge on any atom is -0.481 e. The van der Waals surface area contributed by atoms with E-state index in [-0.39, 0.29) is 42.9 Å². The number of aliphatic carboxylic acids is 1. The summed E-state index contributed by atoms with van der Waals surface area (Å²) < 4.78 is 15.5. The normalized spacial score (nSPS) is 13.7. The summed E-state index contributed by atoms with van der Waals surface area (Å²) in [5.74, 6) is -1.47. The second kappa shape index (κ2) is 14.0. The summed E-state index contributed by atoms with van der Waals surface area (Å²) in [6, 6.07) is 15.8. The van der Waals surface area contributed by atoms with Crippen LogP contribution in [0.25, 0.3) is 11.4 Å². The summed E-state index contributed by atoms with van der Waals surface area (Å²) in [7, 11) is 0. The van der Waals surface area contributed by atoms with Crippen molar-refractivity contribution in [1.82, 2.24) is 14.9 Å². The Bertz CT molecular complexity index is 1230. The first-order valence-electron chi connectivity index (χ1n) is 13.3. The van der Waals surface area contributed by atoms with Crippen molar-refractivity contribution in [3.05, 3.63) is 77.4 Å². The Balaban J connectivity index is 1.85. The van der Waals surface area contributed by atoms with Crippen LogP contribution in [0.15, 0.2) is 54.6 Å². The number of carboxylic acids is 1. The van der Waals surface area contributed by atoms with Gasteiger partial charge in [-0.05, 0) is 68.4 Å². The molecule has 1 aromatic heterocycles. The van der Waals surface area contributed by atoms with E-state index < -0.39 is 30.4 Å². The van der Waals surface area contributed by atoms with Crippen molar-refractivity contribution >= 4 is 11.9 Å². The lowest BCUT2D eigenvalue weighted by molar-refractivity contribution is -0.139. The molecule has 8 nitrogen and oxygen atoms in total. The molecule has 210 valence electrons. The Kier molecular flexibility index (Phi) is 10.8. The summed E-state index contributed by atoms with van der Waals surface area (Å²) in [5, 5.41) is 32.3. The van der Waals surface area contributed by atoms with Crippen molar-refractivity contribution < 1.29 is 29.3 Å². The van der Waals surface area contributed by atoms with Gasteiger partial charge >= 0.3 is 5.97 Å². The average molecular weight is 540 g/mol. The van der Waals surface area contributed by atoms with Crippen LogP contribution in [0.4, 0.5) is 4.39 Å². The number of hydrogen-bond donors (Lipinski definition) is 4. The minimum atomic E-state index is -1.17. The van der Waals surface area contributed by atoms with Crippen LogP contribution in [0.2, 0.25) is 0 Å². The number of halogens is 1. The molecule has 0 saturated heterocycles. The van der Waals surface area contributed by atoms with Gasteiger partial charge in [0.25, 0.3) is 5.91 Å². The summed E-state index contributed by atoms with van der Waals surface area (Å²) in [6.45, 7) is 6.12. The van der Waals surface area contributed by atoms with Crippen molar-refractivity contribution in [2.45, 2.75) is 83.6 Å². The lowest BCUT2D eigenvalue weighted by atomic mass is 10.0. The van der Waals surface area contributed by atoms with Crippen LogP contribution in [0.5, 0.6) is 0 Å². The first kappa shape index (κ1) is 30.0. The molecule has 0 aliphatic heterocycles. The number of rotatable bonds is 14. The van der Waals surface area contributed by atoms with Crippen LogP contribution in [0.1, 0.15) is 74.1 Å². The zero-order valence-electron chi connectivity index (χ0n) is 22.7. The van der Waals surface area contributed by atoms with E-state index >= 15 is 0 Å². The molecule has 4 N–H and O–H groups in total. The molecule has 0 aliphatic rings. The highest BCUT2D eigenvalue weighted by Crippen LogP contribution is 2.29. The van der Waals surface area contributed by atoms with Gasteiger partial charge in [0.1, 0.15) is 17.3 Å². The fourth-order valence-electron chi connectivity index (χ4n) is 4.65. The number of aryl methyl sites for hydroxylation is 1. The Morgan fingerprint density at radius 3 is 2.26 bits per heavy atom. The number of carboxylic acid groups (broad SMARTS) is 1. The van der Waals surface area contributed by atoms with Crippen LogP contribution >= 0.6 is 0 Å². The molecule has 1 amide bonds. The van der Waals surface area contributed by atoms with E-state index in [2.05, 4.69) is 17.4 Å². The van der Waals surface area contributed by atoms with E-state index in [1.807, 2.05) is 43.5 Å². The van der Waals surface area contributed by atoms with Crippen LogP contribution in [-0.2, 0) is 17.8 Å². The summed E-state index contributed by atoms with van der Waals surface area (Å²) in [5.41, 5.74) is 2.77. The Hall–Kier alpha value is -3.56. The number of imidazole rings is 1. The molecule has 2 aromatic carbocycles. The van der Waals surface area contributed by atoms with Crippen LogP contribution in [0, 0.1) is 5.82 Å². The number of nitrogens with one attached hydrogen (secondary N) is 1. The summed E-state index contributed by atoms with van der Waals surface area (Å²) >= 11 is 0. The molecule has 3 atom stereocenters. The van der Waals surface area contributed by atoms with E-state index in [1.54, 1.807) is 12.1 Å². The number of aromatic nitrogens is 2. The maximum Gasteiger partial charge on any atom is 0.305 e. The number of carbonyl (C=O) groups excluding carboxylic acids is 1. The average Bonchev–Trinajstić information content (AvgIpc) is 3.27. The highest BCUT2D eigenvalue weighted by atomic mass is 19.1. The Labute approximate surface area is 228 Å². The second-order valence-electron chi connectivity index (χ2n) is 10.3. The molecule has 3 aromatic rings. The van der Waals surface area contributed by atoms with Gasteiger partial charge in [0, 0.05) is 18.2 Å². The Morgan fingerprint density at radius 1 is 0.974 bits per heavy atom. The number of aliphatic hydroxyl groups is 2. The van der Waals surface area contributed by atoms with Crippen molar-refractivity contribution in [3.8, 4) is 11.4 Å². The predicted molar refractivity (Wildman–Crippen MR) is 147 cm³/mol. The molecule has 3 rings (SSSR count). The van der Waals surface area contributed by atoms with Crippen molar-refractivity contribution in [2.24, 2.45) is 0 Å². The number of hydrogen-bond acceptors (Lipinski definition) is 5. The van der Waals surface area contributed by atoms with E-state index in [0.717, 1.165) is 12.8 Å². The van der Waals surface area contributed by atoms with Gasteiger partial charge in [-0.25, -0.2) is 9.37 Å². The second-order valence-corrected chi connectivity index (χ2v) is 10.3. The number of benzene rings is 2. The lowest BCUT2D eigenvalue weighted by Crippen LogP contribution is -2.34. The fraction of sp³-hybridized carbons (Fsp3) is 0.433. The van der Waals surface area contributed by atoms with Crippen LogP contribution in [-0.4, -0.2) is 55.0 Å². The third kappa shape index (κ3) is 8.73. The number of aliphatic hydroxyl groups excluding tert-OH is 2. The van der Waals surface area contributed by atoms with Gasteiger partial charge in [0.15, 0.2) is 0 Å². The van der Waals surface area contributed by atoms with Crippen molar-refractivity contribution in [3.63, 3.8) is 0 Å². The quantitative estimate of drug-likeness (QED) is 0.238. The molecule has 0 saturated carbocycles. The summed E-state index contributed by atoms with van der Waals surface area (Å²) in [6.07, 6.45) is -0.889. The van der Waals surface area contributed by atoms with Gasteiger partial charge in [0.2, 0.25) is 0 Å². The number of carbonyl (C=O) groups is 2. The maximum atomic E-state index is 13.7. The van der Waals surface area contributed by atoms with Gasteiger partial charge < -0.3 is 25.2 Å². The molecule has 0 fully saturated rings. The largest absolute Gasteiger partial charge is 0.481 e. The monoisotopic (exact) mass is 539 g/mol. The Morgan fingerprint density at radius 2 is 1.64 bits per heavy atom. The molecule has 39 heavy (non-hydrogen) atoms. The number of amides is 1. The molecule has 1 heterocycles. The van der Waals surface area contributed by atoms with E-state index in [9.17, 15) is 24.2 Å². The topological polar surface area (TPSA) is 125 Å². The van der Waals surface area contributed by atoms with Gasteiger partial charge in [-0.15, -0.1) is 0 Å². The first-order valence-corrected chi connectivity index (χ1v) is 13.3. The highest BCUT2D eigenvalue weighted by molar-refractivity contribution is 5.94. The SMILES string of the molecule is CC(CCc1ccccc1)NC(=O)c1nc(-c2ccc(F)cc2)n(CC[C@@H](O)C[C@@H](O)CC(=O)O)c1C(C)C. The van der Waals surface area contributed by atoms with E-state index in [1.165, 1.54) is 17.7 Å². The third-order valence-corrected chi connectivity index (χ3v) is 6.60. The van der Waals surface area contributed by atoms with Crippen LogP contribution in [0.3, 0.4) is 0 Å². The predicted octanol–water partition coefficient (Wildman–Crippen LogP) is 4.54. The van der Waals surface area contributed by atoms with Gasteiger partial charge in [0.05, 0.1) is 24.3 Å². The zero-order valence-corrected chi connectivity index (χ0v) is 22.7. The molecule has 9 heteroatoms. The van der Waals surface area contributed by atoms with Crippen LogP contribution < -0.4 is 5.32 Å². The maximum absolute atomic E-state index is 13.7. The molecular formula is C30H38FN3O5. The fourth-order valence-corrected chi connectivity index (χ4v) is 4.65. The lowest BCUT2D eigenvalue weighted by Gasteiger charge is -2.19. The molecule has 0 bridgehead atoms. The third-order valence-electron chi connectivity index (χ3n) is 6.60. The molecular weight excluding hydrogens is 501 g/mol. The molecule has 1 unspecified atom stereocenters. The van der Waals surface area contributed by atoms with Gasteiger partial charge in [-0.2, -0.15) is 0 Å². The van der Waals surface area contributed by atoms with E-state index in [4.69, 9.17) is 10.1 Å². The molecule has 0 aliphatic carbocycles. The van der Waals surface area contributed by atoms with Crippen molar-refractivity contribution in [2.75, 3.05) is 0 Å². The van der Waals surface area contributed by atoms with Gasteiger partial charge in [-0.3, -0.25) is 9.59 Å². The smallest absolute Gasteiger partial charge is 0.305 e. The van der Waals surface area contributed by atoms with Crippen molar-refractivity contribution in [1.29, 1.82) is 0 Å².